The summed E-state index contributed by atoms with van der Waals surface area (Å²) < 4.78 is 0. The zero-order valence-electron chi connectivity index (χ0n) is 11.0. The zero-order valence-corrected chi connectivity index (χ0v) is 11.8. The summed E-state index contributed by atoms with van der Waals surface area (Å²) in [6.07, 6.45) is 2.11. The molecular weight excluding hydrogens is 234 g/mol. The molecule has 1 aromatic rings. The van der Waals surface area contributed by atoms with Gasteiger partial charge in [-0.3, -0.25) is 0 Å². The van der Waals surface area contributed by atoms with E-state index in [9.17, 15) is 0 Å². The third kappa shape index (κ3) is 2.25. The maximum Gasteiger partial charge on any atom is 0.138 e. The number of hydrogen-bond donors (Lipinski definition) is 0. The van der Waals surface area contributed by atoms with Gasteiger partial charge in [-0.15, -0.1) is 0 Å². The van der Waals surface area contributed by atoms with Crippen molar-refractivity contribution in [3.05, 3.63) is 16.5 Å². The van der Waals surface area contributed by atoms with Gasteiger partial charge in [-0.25, -0.2) is 9.97 Å². The summed E-state index contributed by atoms with van der Waals surface area (Å²) in [6.45, 7) is 9.64. The lowest BCUT2D eigenvalue weighted by Gasteiger charge is -2.27. The molecule has 1 saturated heterocycles. The zero-order chi connectivity index (χ0) is 12.6. The number of anilines is 1. The molecule has 1 fully saturated rings. The van der Waals surface area contributed by atoms with Crippen LogP contribution in [0.15, 0.2) is 0 Å². The Kier molecular flexibility index (Phi) is 3.57. The second kappa shape index (κ2) is 4.81. The van der Waals surface area contributed by atoms with Gasteiger partial charge in [-0.2, -0.15) is 0 Å². The average Bonchev–Trinajstić information content (AvgIpc) is 2.59. The van der Waals surface area contributed by atoms with Crippen LogP contribution in [0.2, 0.25) is 5.15 Å². The molecule has 0 N–H and O–H groups in total. The van der Waals surface area contributed by atoms with Crippen molar-refractivity contribution in [3.8, 4) is 0 Å². The molecule has 3 nitrogen and oxygen atoms in total. The maximum absolute atomic E-state index is 6.22. The van der Waals surface area contributed by atoms with Gasteiger partial charge in [0.25, 0.3) is 0 Å². The number of hydrogen-bond acceptors (Lipinski definition) is 3. The van der Waals surface area contributed by atoms with Crippen molar-refractivity contribution in [2.45, 2.75) is 46.6 Å². The first-order valence-electron chi connectivity index (χ1n) is 6.34. The van der Waals surface area contributed by atoms with Crippen molar-refractivity contribution in [2.75, 3.05) is 11.4 Å². The Hall–Kier alpha value is -0.830. The van der Waals surface area contributed by atoms with Crippen molar-refractivity contribution >= 4 is 17.4 Å². The van der Waals surface area contributed by atoms with Crippen LogP contribution in [0.25, 0.3) is 0 Å². The molecule has 0 saturated carbocycles. The molecular formula is C13H20ClN3. The van der Waals surface area contributed by atoms with E-state index in [1.807, 2.05) is 6.92 Å². The summed E-state index contributed by atoms with van der Waals surface area (Å²) >= 11 is 6.22. The fourth-order valence-electron chi connectivity index (χ4n) is 2.48. The minimum absolute atomic E-state index is 0.533. The van der Waals surface area contributed by atoms with Gasteiger partial charge in [0.1, 0.15) is 16.8 Å². The summed E-state index contributed by atoms with van der Waals surface area (Å²) in [6, 6.07) is 0.533. The molecule has 2 unspecified atom stereocenters. The van der Waals surface area contributed by atoms with Gasteiger partial charge in [0.15, 0.2) is 0 Å². The van der Waals surface area contributed by atoms with E-state index in [0.717, 1.165) is 30.2 Å². The predicted molar refractivity (Wildman–Crippen MR) is 71.7 cm³/mol. The van der Waals surface area contributed by atoms with Gasteiger partial charge in [-0.05, 0) is 32.6 Å². The van der Waals surface area contributed by atoms with Crippen molar-refractivity contribution in [3.63, 3.8) is 0 Å². The van der Waals surface area contributed by atoms with Gasteiger partial charge in [0.05, 0.1) is 0 Å². The highest BCUT2D eigenvalue weighted by Crippen LogP contribution is 2.32. The molecule has 0 spiro atoms. The normalized spacial score (nSPS) is 24.4. The standard InChI is InChI=1S/C13H20ClN3/c1-5-11-12(14)15-10(4)16-13(11)17-7-6-8(2)9(17)3/h8-9H,5-7H2,1-4H3. The van der Waals surface area contributed by atoms with Crippen LogP contribution in [0, 0.1) is 12.8 Å². The lowest BCUT2D eigenvalue weighted by atomic mass is 10.1. The van der Waals surface area contributed by atoms with Gasteiger partial charge < -0.3 is 4.90 Å². The summed E-state index contributed by atoms with van der Waals surface area (Å²) in [5.41, 5.74) is 1.08. The first-order chi connectivity index (χ1) is 8.04. The van der Waals surface area contributed by atoms with E-state index in [1.54, 1.807) is 0 Å². The third-order valence-electron chi connectivity index (χ3n) is 3.81. The van der Waals surface area contributed by atoms with Crippen LogP contribution >= 0.6 is 11.6 Å². The van der Waals surface area contributed by atoms with Crippen LogP contribution in [-0.4, -0.2) is 22.6 Å². The van der Waals surface area contributed by atoms with Crippen molar-refractivity contribution in [2.24, 2.45) is 5.92 Å². The number of aryl methyl sites for hydroxylation is 1. The Balaban J connectivity index is 2.44. The second-order valence-corrected chi connectivity index (χ2v) is 5.28. The molecule has 2 heterocycles. The molecule has 2 rings (SSSR count). The Morgan fingerprint density at radius 1 is 1.35 bits per heavy atom. The number of aromatic nitrogens is 2. The minimum Gasteiger partial charge on any atom is -0.353 e. The monoisotopic (exact) mass is 253 g/mol. The van der Waals surface area contributed by atoms with Gasteiger partial charge in [0.2, 0.25) is 0 Å². The van der Waals surface area contributed by atoms with E-state index < -0.39 is 0 Å². The summed E-state index contributed by atoms with van der Waals surface area (Å²) in [4.78, 5) is 11.2. The molecule has 0 amide bonds. The highest BCUT2D eigenvalue weighted by atomic mass is 35.5. The summed E-state index contributed by atoms with van der Waals surface area (Å²) in [5.74, 6) is 2.52. The van der Waals surface area contributed by atoms with Crippen molar-refractivity contribution < 1.29 is 0 Å². The molecule has 0 radical (unpaired) electrons. The average molecular weight is 254 g/mol. The molecule has 17 heavy (non-hydrogen) atoms. The molecule has 0 aliphatic carbocycles. The topological polar surface area (TPSA) is 29.0 Å². The van der Waals surface area contributed by atoms with Crippen LogP contribution in [0.3, 0.4) is 0 Å². The smallest absolute Gasteiger partial charge is 0.138 e. The van der Waals surface area contributed by atoms with Crippen molar-refractivity contribution in [1.29, 1.82) is 0 Å². The molecule has 4 heteroatoms. The largest absolute Gasteiger partial charge is 0.353 e. The van der Waals surface area contributed by atoms with Gasteiger partial charge in [-0.1, -0.05) is 25.4 Å². The van der Waals surface area contributed by atoms with Crippen LogP contribution in [-0.2, 0) is 6.42 Å². The fourth-order valence-corrected chi connectivity index (χ4v) is 2.82. The molecule has 0 bridgehead atoms. The maximum atomic E-state index is 6.22. The molecule has 1 aliphatic heterocycles. The first-order valence-corrected chi connectivity index (χ1v) is 6.72. The van der Waals surface area contributed by atoms with E-state index in [0.29, 0.717) is 17.1 Å². The SMILES string of the molecule is CCc1c(Cl)nc(C)nc1N1CCC(C)C1C. The second-order valence-electron chi connectivity index (χ2n) is 4.92. The van der Waals surface area contributed by atoms with Crippen LogP contribution in [0.4, 0.5) is 5.82 Å². The highest BCUT2D eigenvalue weighted by molar-refractivity contribution is 6.30. The van der Waals surface area contributed by atoms with E-state index in [1.165, 1.54) is 6.42 Å². The Morgan fingerprint density at radius 3 is 2.59 bits per heavy atom. The molecule has 1 aliphatic rings. The Morgan fingerprint density at radius 2 is 2.06 bits per heavy atom. The fraction of sp³-hybridized carbons (Fsp3) is 0.692. The van der Waals surface area contributed by atoms with E-state index in [2.05, 4.69) is 35.6 Å². The van der Waals surface area contributed by atoms with E-state index in [-0.39, 0.29) is 0 Å². The van der Waals surface area contributed by atoms with Gasteiger partial charge >= 0.3 is 0 Å². The van der Waals surface area contributed by atoms with Gasteiger partial charge in [0, 0.05) is 18.2 Å². The lowest BCUT2D eigenvalue weighted by molar-refractivity contribution is 0.543. The van der Waals surface area contributed by atoms with Crippen molar-refractivity contribution in [1.82, 2.24) is 9.97 Å². The Labute approximate surface area is 108 Å². The molecule has 0 aromatic carbocycles. The quantitative estimate of drug-likeness (QED) is 0.758. The molecule has 94 valence electrons. The third-order valence-corrected chi connectivity index (χ3v) is 4.13. The summed E-state index contributed by atoms with van der Waals surface area (Å²) in [5, 5.41) is 0.613. The number of nitrogens with zero attached hydrogens (tertiary/aromatic N) is 3. The Bertz CT molecular complexity index is 419. The number of halogens is 1. The minimum atomic E-state index is 0.533. The van der Waals surface area contributed by atoms with Crippen LogP contribution < -0.4 is 4.90 Å². The number of rotatable bonds is 2. The first kappa shape index (κ1) is 12.6. The predicted octanol–water partition coefficient (Wildman–Crippen LogP) is 3.24. The lowest BCUT2D eigenvalue weighted by Crippen LogP contribution is -2.31. The van der Waals surface area contributed by atoms with E-state index in [4.69, 9.17) is 11.6 Å². The summed E-state index contributed by atoms with van der Waals surface area (Å²) in [7, 11) is 0. The highest BCUT2D eigenvalue weighted by Gasteiger charge is 2.30. The van der Waals surface area contributed by atoms with Crippen LogP contribution in [0.1, 0.15) is 38.6 Å². The van der Waals surface area contributed by atoms with Crippen LogP contribution in [0.5, 0.6) is 0 Å². The molecule has 1 aromatic heterocycles. The molecule has 2 atom stereocenters. The van der Waals surface area contributed by atoms with E-state index >= 15 is 0 Å².